The summed E-state index contributed by atoms with van der Waals surface area (Å²) in [4.78, 5) is 37.0. The number of carbonyl (C=O) groups is 2. The average Bonchev–Trinajstić information content (AvgIpc) is 2.78. The lowest BCUT2D eigenvalue weighted by Gasteiger charge is -2.31. The third-order valence-electron chi connectivity index (χ3n) is 5.35. The SMILES string of the molecule is CN(C(=O)c1ccc(NC(=O)C=Cc2cccc([N+](=O)[O-])c2)cc1)C1CCCCC1. The number of nitro benzene ring substituents is 1. The molecular formula is C23H25N3O4. The minimum absolute atomic E-state index is 0.00894. The van der Waals surface area contributed by atoms with Gasteiger partial charge in [0.2, 0.25) is 5.91 Å². The van der Waals surface area contributed by atoms with Crippen LogP contribution in [0.15, 0.2) is 54.6 Å². The van der Waals surface area contributed by atoms with Gasteiger partial charge in [-0.25, -0.2) is 0 Å². The van der Waals surface area contributed by atoms with Gasteiger partial charge in [-0.05, 0) is 48.7 Å². The summed E-state index contributed by atoms with van der Waals surface area (Å²) in [5.74, 6) is -0.370. The molecule has 0 aromatic heterocycles. The Morgan fingerprint density at radius 1 is 1.10 bits per heavy atom. The highest BCUT2D eigenvalue weighted by Crippen LogP contribution is 2.23. The topological polar surface area (TPSA) is 92.6 Å². The Kier molecular flexibility index (Phi) is 6.95. The Morgan fingerprint density at radius 2 is 1.80 bits per heavy atom. The first-order valence-corrected chi connectivity index (χ1v) is 10.0. The molecule has 156 valence electrons. The molecule has 0 heterocycles. The number of hydrogen-bond donors (Lipinski definition) is 1. The van der Waals surface area contributed by atoms with E-state index in [4.69, 9.17) is 0 Å². The van der Waals surface area contributed by atoms with E-state index >= 15 is 0 Å². The molecule has 0 atom stereocenters. The monoisotopic (exact) mass is 407 g/mol. The summed E-state index contributed by atoms with van der Waals surface area (Å²) in [7, 11) is 1.85. The third kappa shape index (κ3) is 5.53. The maximum absolute atomic E-state index is 12.7. The molecule has 2 aromatic rings. The molecule has 1 aliphatic rings. The first-order chi connectivity index (χ1) is 14.4. The van der Waals surface area contributed by atoms with Crippen LogP contribution >= 0.6 is 0 Å². The molecule has 0 unspecified atom stereocenters. The first kappa shape index (κ1) is 21.2. The molecule has 7 nitrogen and oxygen atoms in total. The maximum Gasteiger partial charge on any atom is 0.270 e. The van der Waals surface area contributed by atoms with E-state index < -0.39 is 4.92 Å². The summed E-state index contributed by atoms with van der Waals surface area (Å²) < 4.78 is 0. The number of non-ortho nitro benzene ring substituents is 1. The zero-order valence-corrected chi connectivity index (χ0v) is 16.9. The second-order valence-corrected chi connectivity index (χ2v) is 7.46. The average molecular weight is 407 g/mol. The number of hydrogen-bond acceptors (Lipinski definition) is 4. The first-order valence-electron chi connectivity index (χ1n) is 10.0. The van der Waals surface area contributed by atoms with Crippen LogP contribution in [0.1, 0.15) is 48.0 Å². The van der Waals surface area contributed by atoms with E-state index in [1.54, 1.807) is 36.4 Å². The van der Waals surface area contributed by atoms with Crippen LogP contribution in [0.4, 0.5) is 11.4 Å². The zero-order chi connectivity index (χ0) is 21.5. The molecule has 1 fully saturated rings. The third-order valence-corrected chi connectivity index (χ3v) is 5.35. The molecule has 0 aliphatic heterocycles. The van der Waals surface area contributed by atoms with Gasteiger partial charge in [-0.15, -0.1) is 0 Å². The van der Waals surface area contributed by atoms with Gasteiger partial charge in [-0.1, -0.05) is 31.4 Å². The Bertz CT molecular complexity index is 947. The maximum atomic E-state index is 12.7. The summed E-state index contributed by atoms with van der Waals surface area (Å²) in [6, 6.07) is 13.1. The molecule has 1 aliphatic carbocycles. The fraction of sp³-hybridized carbons (Fsp3) is 0.304. The Balaban J connectivity index is 1.58. The number of benzene rings is 2. The molecule has 7 heteroatoms. The summed E-state index contributed by atoms with van der Waals surface area (Å²) in [6.07, 6.45) is 8.49. The Hall–Kier alpha value is -3.48. The van der Waals surface area contributed by atoms with Crippen molar-refractivity contribution in [1.82, 2.24) is 4.90 Å². The number of carbonyl (C=O) groups excluding carboxylic acids is 2. The summed E-state index contributed by atoms with van der Waals surface area (Å²) in [5, 5.41) is 13.5. The molecule has 0 spiro atoms. The van der Waals surface area contributed by atoms with Crippen molar-refractivity contribution in [1.29, 1.82) is 0 Å². The van der Waals surface area contributed by atoms with Crippen molar-refractivity contribution in [3.8, 4) is 0 Å². The predicted molar refractivity (Wildman–Crippen MR) is 116 cm³/mol. The number of nitrogens with zero attached hydrogens (tertiary/aromatic N) is 2. The second-order valence-electron chi connectivity index (χ2n) is 7.46. The smallest absolute Gasteiger partial charge is 0.270 e. The van der Waals surface area contributed by atoms with Crippen molar-refractivity contribution in [3.05, 3.63) is 75.8 Å². The van der Waals surface area contributed by atoms with E-state index in [1.807, 2.05) is 11.9 Å². The Morgan fingerprint density at radius 3 is 2.47 bits per heavy atom. The van der Waals surface area contributed by atoms with Crippen LogP contribution in [-0.4, -0.2) is 34.7 Å². The van der Waals surface area contributed by atoms with Crippen LogP contribution in [0.2, 0.25) is 0 Å². The van der Waals surface area contributed by atoms with Gasteiger partial charge in [0.25, 0.3) is 11.6 Å². The molecular weight excluding hydrogens is 382 g/mol. The van der Waals surface area contributed by atoms with E-state index in [9.17, 15) is 19.7 Å². The second kappa shape index (κ2) is 9.82. The van der Waals surface area contributed by atoms with E-state index in [2.05, 4.69) is 5.32 Å². The van der Waals surface area contributed by atoms with Crippen LogP contribution in [0.25, 0.3) is 6.08 Å². The van der Waals surface area contributed by atoms with Crippen molar-refractivity contribution in [2.45, 2.75) is 38.1 Å². The molecule has 30 heavy (non-hydrogen) atoms. The predicted octanol–water partition coefficient (Wildman–Crippen LogP) is 4.65. The van der Waals surface area contributed by atoms with Gasteiger partial charge >= 0.3 is 0 Å². The summed E-state index contributed by atoms with van der Waals surface area (Å²) in [6.45, 7) is 0. The number of amides is 2. The molecule has 1 N–H and O–H groups in total. The zero-order valence-electron chi connectivity index (χ0n) is 16.9. The van der Waals surface area contributed by atoms with Crippen LogP contribution in [0.5, 0.6) is 0 Å². The van der Waals surface area contributed by atoms with E-state index in [0.29, 0.717) is 22.9 Å². The quantitative estimate of drug-likeness (QED) is 0.428. The highest BCUT2D eigenvalue weighted by molar-refractivity contribution is 6.02. The van der Waals surface area contributed by atoms with Crippen molar-refractivity contribution in [2.24, 2.45) is 0 Å². The molecule has 0 bridgehead atoms. The van der Waals surface area contributed by atoms with Crippen molar-refractivity contribution >= 4 is 29.3 Å². The van der Waals surface area contributed by atoms with Gasteiger partial charge < -0.3 is 10.2 Å². The van der Waals surface area contributed by atoms with Crippen LogP contribution in [-0.2, 0) is 4.79 Å². The lowest BCUT2D eigenvalue weighted by molar-refractivity contribution is -0.384. The molecule has 0 radical (unpaired) electrons. The van der Waals surface area contributed by atoms with Crippen molar-refractivity contribution in [2.75, 3.05) is 12.4 Å². The number of rotatable bonds is 6. The van der Waals surface area contributed by atoms with Gasteiger partial charge in [0, 0.05) is 42.5 Å². The van der Waals surface area contributed by atoms with E-state index in [0.717, 1.165) is 25.7 Å². The highest BCUT2D eigenvalue weighted by atomic mass is 16.6. The number of anilines is 1. The molecule has 3 rings (SSSR count). The molecule has 1 saturated carbocycles. The van der Waals surface area contributed by atoms with Crippen LogP contribution in [0, 0.1) is 10.1 Å². The lowest BCUT2D eigenvalue weighted by Crippen LogP contribution is -2.38. The molecule has 0 saturated heterocycles. The normalized spacial score (nSPS) is 14.4. The van der Waals surface area contributed by atoms with Crippen LogP contribution < -0.4 is 5.32 Å². The minimum atomic E-state index is -0.480. The van der Waals surface area contributed by atoms with E-state index in [-0.39, 0.29) is 17.5 Å². The Labute approximate surface area is 175 Å². The summed E-state index contributed by atoms with van der Waals surface area (Å²) >= 11 is 0. The number of nitro groups is 1. The van der Waals surface area contributed by atoms with Gasteiger partial charge in [0.1, 0.15) is 0 Å². The lowest BCUT2D eigenvalue weighted by atomic mass is 9.94. The van der Waals surface area contributed by atoms with Gasteiger partial charge in [-0.2, -0.15) is 0 Å². The largest absolute Gasteiger partial charge is 0.339 e. The van der Waals surface area contributed by atoms with Gasteiger partial charge in [0.15, 0.2) is 0 Å². The number of nitrogens with one attached hydrogen (secondary N) is 1. The van der Waals surface area contributed by atoms with Crippen molar-refractivity contribution in [3.63, 3.8) is 0 Å². The minimum Gasteiger partial charge on any atom is -0.339 e. The van der Waals surface area contributed by atoms with Gasteiger partial charge in [-0.3, -0.25) is 19.7 Å². The van der Waals surface area contributed by atoms with E-state index in [1.165, 1.54) is 30.7 Å². The fourth-order valence-electron chi connectivity index (χ4n) is 3.63. The van der Waals surface area contributed by atoms with Gasteiger partial charge in [0.05, 0.1) is 4.92 Å². The standard InChI is InChI=1S/C23H25N3O4/c1-25(20-7-3-2-4-8-20)23(28)18-11-13-19(14-12-18)24-22(27)15-10-17-6-5-9-21(16-17)26(29)30/h5-6,9-16,20H,2-4,7-8H2,1H3,(H,24,27). The summed E-state index contributed by atoms with van der Waals surface area (Å²) in [5.41, 5.74) is 1.69. The molecule has 2 aromatic carbocycles. The van der Waals surface area contributed by atoms with Crippen molar-refractivity contribution < 1.29 is 14.5 Å². The molecule has 2 amide bonds. The van der Waals surface area contributed by atoms with Crippen LogP contribution in [0.3, 0.4) is 0 Å². The highest BCUT2D eigenvalue weighted by Gasteiger charge is 2.22. The fourth-order valence-corrected chi connectivity index (χ4v) is 3.63.